The number of rotatable bonds is 4. The van der Waals surface area contributed by atoms with Crippen molar-refractivity contribution in [1.82, 2.24) is 10.3 Å². The number of aliphatic hydroxyl groups excluding tert-OH is 1. The van der Waals surface area contributed by atoms with Crippen LogP contribution in [0.3, 0.4) is 0 Å². The van der Waals surface area contributed by atoms with Crippen LogP contribution in [0.15, 0.2) is 29.0 Å². The highest BCUT2D eigenvalue weighted by molar-refractivity contribution is 5.97. The quantitative estimate of drug-likeness (QED) is 0.710. The third kappa shape index (κ3) is 2.91. The number of aliphatic hydroxyl groups is 1. The molecule has 2 rings (SSSR count). The standard InChI is InChI=1S/C13H17N3O3/c1-7(2)11(14)13(18)16-12(17)8-3-4-10-9(5-8)15-6-19-10/h3-7,11,13,18H,14H2,1-2H3,(H,16,17)/t11-,13?/m0/s1. The molecule has 0 aliphatic heterocycles. The maximum Gasteiger partial charge on any atom is 0.253 e. The average Bonchev–Trinajstić information content (AvgIpc) is 2.84. The first-order valence-corrected chi connectivity index (χ1v) is 6.07. The van der Waals surface area contributed by atoms with E-state index in [4.69, 9.17) is 10.2 Å². The Morgan fingerprint density at radius 3 is 2.89 bits per heavy atom. The van der Waals surface area contributed by atoms with Crippen molar-refractivity contribution in [3.63, 3.8) is 0 Å². The van der Waals surface area contributed by atoms with Crippen LogP contribution in [0.4, 0.5) is 0 Å². The summed E-state index contributed by atoms with van der Waals surface area (Å²) >= 11 is 0. The molecule has 1 amide bonds. The molecule has 1 aromatic heterocycles. The van der Waals surface area contributed by atoms with Crippen molar-refractivity contribution in [3.8, 4) is 0 Å². The summed E-state index contributed by atoms with van der Waals surface area (Å²) in [6.07, 6.45) is 0.232. The molecule has 0 aliphatic rings. The van der Waals surface area contributed by atoms with Gasteiger partial charge in [-0.3, -0.25) is 4.79 Å². The monoisotopic (exact) mass is 263 g/mol. The highest BCUT2D eigenvalue weighted by Gasteiger charge is 2.20. The first-order valence-electron chi connectivity index (χ1n) is 6.07. The van der Waals surface area contributed by atoms with Crippen molar-refractivity contribution in [1.29, 1.82) is 0 Å². The van der Waals surface area contributed by atoms with E-state index in [9.17, 15) is 9.90 Å². The van der Waals surface area contributed by atoms with E-state index in [2.05, 4.69) is 10.3 Å². The summed E-state index contributed by atoms with van der Waals surface area (Å²) in [5.74, 6) is -0.332. The molecule has 4 N–H and O–H groups in total. The fraction of sp³-hybridized carbons (Fsp3) is 0.385. The first kappa shape index (κ1) is 13.5. The number of fused-ring (bicyclic) bond motifs is 1. The summed E-state index contributed by atoms with van der Waals surface area (Å²) in [7, 11) is 0. The lowest BCUT2D eigenvalue weighted by atomic mass is 10.0. The Bertz CT molecular complexity index is 579. The van der Waals surface area contributed by atoms with Crippen LogP contribution >= 0.6 is 0 Å². The first-order chi connectivity index (χ1) is 8.99. The van der Waals surface area contributed by atoms with Gasteiger partial charge in [-0.15, -0.1) is 0 Å². The molecule has 0 saturated heterocycles. The molecule has 102 valence electrons. The van der Waals surface area contributed by atoms with E-state index in [0.717, 1.165) is 0 Å². The molecule has 0 aliphatic carbocycles. The molecule has 19 heavy (non-hydrogen) atoms. The number of oxazole rings is 1. The van der Waals surface area contributed by atoms with Gasteiger partial charge in [-0.25, -0.2) is 4.98 Å². The summed E-state index contributed by atoms with van der Waals surface area (Å²) < 4.78 is 5.09. The number of hydrogen-bond donors (Lipinski definition) is 3. The number of aromatic nitrogens is 1. The predicted octanol–water partition coefficient (Wildman–Crippen LogP) is 0.859. The van der Waals surface area contributed by atoms with Crippen molar-refractivity contribution >= 4 is 17.0 Å². The van der Waals surface area contributed by atoms with Gasteiger partial charge < -0.3 is 20.6 Å². The van der Waals surface area contributed by atoms with Crippen molar-refractivity contribution < 1.29 is 14.3 Å². The van der Waals surface area contributed by atoms with Crippen LogP contribution in [0.2, 0.25) is 0 Å². The Balaban J connectivity index is 2.11. The van der Waals surface area contributed by atoms with Gasteiger partial charge in [0.15, 0.2) is 12.0 Å². The molecule has 1 unspecified atom stereocenters. The SMILES string of the molecule is CC(C)[C@H](N)C(O)NC(=O)c1ccc2ocnc2c1. The number of nitrogens with two attached hydrogens (primary N) is 1. The van der Waals surface area contributed by atoms with Gasteiger partial charge in [-0.1, -0.05) is 13.8 Å². The van der Waals surface area contributed by atoms with Gasteiger partial charge in [-0.05, 0) is 24.1 Å². The third-order valence-corrected chi connectivity index (χ3v) is 3.01. The minimum atomic E-state index is -1.08. The van der Waals surface area contributed by atoms with Gasteiger partial charge in [0.2, 0.25) is 0 Å². The van der Waals surface area contributed by atoms with Crippen LogP contribution in [0.5, 0.6) is 0 Å². The summed E-state index contributed by atoms with van der Waals surface area (Å²) in [5.41, 5.74) is 7.37. The molecule has 0 bridgehead atoms. The Morgan fingerprint density at radius 1 is 1.47 bits per heavy atom. The van der Waals surface area contributed by atoms with Gasteiger partial charge >= 0.3 is 0 Å². The molecule has 6 nitrogen and oxygen atoms in total. The number of benzene rings is 1. The third-order valence-electron chi connectivity index (χ3n) is 3.01. The minimum absolute atomic E-state index is 0.0633. The number of nitrogens with one attached hydrogen (secondary N) is 1. The van der Waals surface area contributed by atoms with Crippen LogP contribution in [-0.2, 0) is 0 Å². The Kier molecular flexibility index (Phi) is 3.82. The highest BCUT2D eigenvalue weighted by Crippen LogP contribution is 2.14. The van der Waals surface area contributed by atoms with E-state index in [1.807, 2.05) is 13.8 Å². The molecule has 1 aromatic carbocycles. The minimum Gasteiger partial charge on any atom is -0.443 e. The summed E-state index contributed by atoms with van der Waals surface area (Å²) in [6.45, 7) is 3.75. The average molecular weight is 263 g/mol. The summed E-state index contributed by atoms with van der Waals surface area (Å²) in [4.78, 5) is 15.9. The van der Waals surface area contributed by atoms with Gasteiger partial charge in [0.05, 0.1) is 6.04 Å². The largest absolute Gasteiger partial charge is 0.443 e. The van der Waals surface area contributed by atoms with Crippen molar-refractivity contribution in [2.24, 2.45) is 11.7 Å². The van der Waals surface area contributed by atoms with Crippen LogP contribution in [-0.4, -0.2) is 28.3 Å². The number of carbonyl (C=O) groups excluding carboxylic acids is 1. The second-order valence-electron chi connectivity index (χ2n) is 4.77. The second kappa shape index (κ2) is 5.38. The highest BCUT2D eigenvalue weighted by atomic mass is 16.3. The predicted molar refractivity (Wildman–Crippen MR) is 70.3 cm³/mol. The van der Waals surface area contributed by atoms with Crippen molar-refractivity contribution in [2.75, 3.05) is 0 Å². The second-order valence-corrected chi connectivity index (χ2v) is 4.77. The van der Waals surface area contributed by atoms with E-state index in [-0.39, 0.29) is 5.92 Å². The van der Waals surface area contributed by atoms with E-state index in [1.165, 1.54) is 6.39 Å². The molecular weight excluding hydrogens is 246 g/mol. The fourth-order valence-electron chi connectivity index (χ4n) is 1.68. The topological polar surface area (TPSA) is 101 Å². The Hall–Kier alpha value is -1.92. The molecular formula is C13H17N3O3. The lowest BCUT2D eigenvalue weighted by Gasteiger charge is -2.22. The zero-order valence-electron chi connectivity index (χ0n) is 10.8. The van der Waals surface area contributed by atoms with Crippen molar-refractivity contribution in [2.45, 2.75) is 26.1 Å². The normalized spacial score (nSPS) is 14.6. The van der Waals surface area contributed by atoms with Gasteiger partial charge in [0.25, 0.3) is 5.91 Å². The zero-order chi connectivity index (χ0) is 14.0. The van der Waals surface area contributed by atoms with Gasteiger partial charge in [0.1, 0.15) is 11.7 Å². The lowest BCUT2D eigenvalue weighted by Crippen LogP contribution is -2.50. The number of carbonyl (C=O) groups is 1. The molecule has 1 heterocycles. The number of amides is 1. The maximum atomic E-state index is 12.0. The van der Waals surface area contributed by atoms with E-state index < -0.39 is 18.2 Å². The van der Waals surface area contributed by atoms with Crippen LogP contribution < -0.4 is 11.1 Å². The van der Waals surface area contributed by atoms with Crippen LogP contribution in [0.1, 0.15) is 24.2 Å². The molecule has 0 saturated carbocycles. The fourth-order valence-corrected chi connectivity index (χ4v) is 1.68. The molecule has 0 radical (unpaired) electrons. The van der Waals surface area contributed by atoms with Crippen LogP contribution in [0, 0.1) is 5.92 Å². The van der Waals surface area contributed by atoms with E-state index >= 15 is 0 Å². The molecule has 0 fully saturated rings. The Morgan fingerprint density at radius 2 is 2.21 bits per heavy atom. The smallest absolute Gasteiger partial charge is 0.253 e. The zero-order valence-corrected chi connectivity index (χ0v) is 10.8. The molecule has 2 atom stereocenters. The Labute approximate surface area is 110 Å². The number of nitrogens with zero attached hydrogens (tertiary/aromatic N) is 1. The van der Waals surface area contributed by atoms with E-state index in [1.54, 1.807) is 18.2 Å². The number of hydrogen-bond acceptors (Lipinski definition) is 5. The van der Waals surface area contributed by atoms with Gasteiger partial charge in [-0.2, -0.15) is 0 Å². The molecule has 2 aromatic rings. The summed E-state index contributed by atoms with van der Waals surface area (Å²) in [5, 5.41) is 12.3. The van der Waals surface area contributed by atoms with Crippen molar-refractivity contribution in [3.05, 3.63) is 30.2 Å². The van der Waals surface area contributed by atoms with Crippen LogP contribution in [0.25, 0.3) is 11.1 Å². The lowest BCUT2D eigenvalue weighted by molar-refractivity contribution is 0.0656. The maximum absolute atomic E-state index is 12.0. The molecule has 6 heteroatoms. The van der Waals surface area contributed by atoms with E-state index in [0.29, 0.717) is 16.7 Å². The van der Waals surface area contributed by atoms with Gasteiger partial charge in [0, 0.05) is 5.56 Å². The summed E-state index contributed by atoms with van der Waals surface area (Å²) in [6, 6.07) is 4.35. The molecule has 0 spiro atoms.